The topological polar surface area (TPSA) is 49.9 Å². The van der Waals surface area contributed by atoms with Gasteiger partial charge >= 0.3 is 0 Å². The highest BCUT2D eigenvalue weighted by Crippen LogP contribution is 2.17. The maximum Gasteiger partial charge on any atom is 0.123 e. The van der Waals surface area contributed by atoms with Crippen molar-refractivity contribution in [2.24, 2.45) is 0 Å². The van der Waals surface area contributed by atoms with E-state index in [2.05, 4.69) is 21.4 Å². The fraction of sp³-hybridized carbons (Fsp3) is 0.357. The Balaban J connectivity index is 1.79. The molecule has 0 amide bonds. The van der Waals surface area contributed by atoms with Gasteiger partial charge in [-0.2, -0.15) is 0 Å². The minimum absolute atomic E-state index is 0.700. The van der Waals surface area contributed by atoms with Gasteiger partial charge in [0.2, 0.25) is 0 Å². The number of rotatable bonds is 7. The summed E-state index contributed by atoms with van der Waals surface area (Å²) in [7, 11) is 0. The van der Waals surface area contributed by atoms with Gasteiger partial charge in [-0.15, -0.1) is 0 Å². The Hall–Kier alpha value is -1.81. The molecule has 4 nitrogen and oxygen atoms in total. The van der Waals surface area contributed by atoms with Crippen LogP contribution in [0, 0.1) is 0 Å². The zero-order chi connectivity index (χ0) is 12.6. The van der Waals surface area contributed by atoms with Crippen molar-refractivity contribution in [3.63, 3.8) is 0 Å². The Bertz CT molecular complexity index is 454. The van der Waals surface area contributed by atoms with E-state index < -0.39 is 0 Å². The maximum atomic E-state index is 5.58. The molecule has 0 saturated heterocycles. The third-order valence-corrected chi connectivity index (χ3v) is 2.71. The fourth-order valence-corrected chi connectivity index (χ4v) is 1.81. The normalized spacial score (nSPS) is 10.5. The molecule has 1 aromatic carbocycles. The van der Waals surface area contributed by atoms with Gasteiger partial charge in [0.15, 0.2) is 0 Å². The first kappa shape index (κ1) is 12.6. The molecule has 0 atom stereocenters. The molecule has 4 heteroatoms. The van der Waals surface area contributed by atoms with Crippen LogP contribution < -0.4 is 10.1 Å². The average Bonchev–Trinajstić information content (AvgIpc) is 2.90. The molecular formula is C14H19N3O. The Morgan fingerprint density at radius 2 is 2.22 bits per heavy atom. The Morgan fingerprint density at radius 1 is 1.33 bits per heavy atom. The van der Waals surface area contributed by atoms with Crippen LogP contribution in [0.2, 0.25) is 0 Å². The van der Waals surface area contributed by atoms with Gasteiger partial charge in [-0.05, 0) is 13.0 Å². The monoisotopic (exact) mass is 245 g/mol. The van der Waals surface area contributed by atoms with Crippen LogP contribution in [0.15, 0.2) is 36.8 Å². The Labute approximate surface area is 107 Å². The van der Waals surface area contributed by atoms with Gasteiger partial charge in [0, 0.05) is 37.0 Å². The number of aromatic nitrogens is 2. The molecule has 0 unspecified atom stereocenters. The van der Waals surface area contributed by atoms with Crippen molar-refractivity contribution in [1.29, 1.82) is 0 Å². The molecule has 2 N–H and O–H groups in total. The van der Waals surface area contributed by atoms with E-state index in [1.807, 2.05) is 31.3 Å². The second-order valence-corrected chi connectivity index (χ2v) is 4.04. The van der Waals surface area contributed by atoms with E-state index in [1.54, 1.807) is 6.33 Å². The van der Waals surface area contributed by atoms with Crippen molar-refractivity contribution in [3.8, 4) is 5.75 Å². The highest BCUT2D eigenvalue weighted by Gasteiger charge is 2.01. The summed E-state index contributed by atoms with van der Waals surface area (Å²) in [5.74, 6) is 0.967. The summed E-state index contributed by atoms with van der Waals surface area (Å²) in [4.78, 5) is 7.09. The van der Waals surface area contributed by atoms with E-state index in [1.165, 1.54) is 5.56 Å². The average molecular weight is 245 g/mol. The van der Waals surface area contributed by atoms with Crippen molar-refractivity contribution in [3.05, 3.63) is 48.0 Å². The van der Waals surface area contributed by atoms with Crippen molar-refractivity contribution in [2.45, 2.75) is 19.9 Å². The number of aromatic amines is 1. The van der Waals surface area contributed by atoms with Crippen LogP contribution in [-0.2, 0) is 13.0 Å². The maximum absolute atomic E-state index is 5.58. The minimum atomic E-state index is 0.700. The zero-order valence-electron chi connectivity index (χ0n) is 10.6. The van der Waals surface area contributed by atoms with Crippen molar-refractivity contribution < 1.29 is 4.74 Å². The largest absolute Gasteiger partial charge is 0.494 e. The van der Waals surface area contributed by atoms with Crippen LogP contribution in [0.1, 0.15) is 18.2 Å². The minimum Gasteiger partial charge on any atom is -0.494 e. The summed E-state index contributed by atoms with van der Waals surface area (Å²) >= 11 is 0. The molecule has 2 rings (SSSR count). The van der Waals surface area contributed by atoms with Crippen LogP contribution >= 0.6 is 0 Å². The lowest BCUT2D eigenvalue weighted by Crippen LogP contribution is -2.17. The van der Waals surface area contributed by atoms with Crippen molar-refractivity contribution in [1.82, 2.24) is 15.3 Å². The molecule has 1 heterocycles. The van der Waals surface area contributed by atoms with E-state index in [9.17, 15) is 0 Å². The predicted octanol–water partition coefficient (Wildman–Crippen LogP) is 2.14. The van der Waals surface area contributed by atoms with E-state index in [4.69, 9.17) is 4.74 Å². The molecule has 18 heavy (non-hydrogen) atoms. The number of nitrogens with zero attached hydrogens (tertiary/aromatic N) is 1. The number of imidazole rings is 1. The molecule has 1 aromatic heterocycles. The van der Waals surface area contributed by atoms with E-state index in [-0.39, 0.29) is 0 Å². The van der Waals surface area contributed by atoms with Crippen molar-refractivity contribution in [2.75, 3.05) is 13.2 Å². The highest BCUT2D eigenvalue weighted by atomic mass is 16.5. The second-order valence-electron chi connectivity index (χ2n) is 4.04. The number of ether oxygens (including phenoxy) is 1. The number of hydrogen-bond acceptors (Lipinski definition) is 3. The molecule has 96 valence electrons. The summed E-state index contributed by atoms with van der Waals surface area (Å²) in [5, 5.41) is 3.41. The third-order valence-electron chi connectivity index (χ3n) is 2.71. The number of benzene rings is 1. The molecule has 0 fully saturated rings. The second kappa shape index (κ2) is 6.81. The van der Waals surface area contributed by atoms with Crippen LogP contribution in [0.4, 0.5) is 0 Å². The Morgan fingerprint density at radius 3 is 3.00 bits per heavy atom. The molecule has 0 aliphatic heterocycles. The number of H-pyrrole nitrogens is 1. The molecule has 0 spiro atoms. The first-order chi connectivity index (χ1) is 8.90. The van der Waals surface area contributed by atoms with Gasteiger partial charge in [-0.25, -0.2) is 4.98 Å². The number of nitrogens with one attached hydrogen (secondary N) is 2. The third kappa shape index (κ3) is 3.60. The molecule has 0 bridgehead atoms. The lowest BCUT2D eigenvalue weighted by atomic mass is 10.2. The standard InChI is InChI=1S/C14H19N3O/c1-2-18-14-6-4-3-5-12(14)9-15-8-7-13-10-16-11-17-13/h3-6,10-11,15H,2,7-9H2,1H3,(H,16,17). The van der Waals surface area contributed by atoms with Crippen molar-refractivity contribution >= 4 is 0 Å². The molecule has 0 saturated carbocycles. The predicted molar refractivity (Wildman–Crippen MR) is 71.6 cm³/mol. The Kier molecular flexibility index (Phi) is 4.78. The number of para-hydroxylation sites is 1. The van der Waals surface area contributed by atoms with Gasteiger partial charge in [-0.3, -0.25) is 0 Å². The summed E-state index contributed by atoms with van der Waals surface area (Å²) in [6, 6.07) is 8.14. The molecular weight excluding hydrogens is 226 g/mol. The highest BCUT2D eigenvalue weighted by molar-refractivity contribution is 5.33. The first-order valence-electron chi connectivity index (χ1n) is 6.29. The van der Waals surface area contributed by atoms with Crippen LogP contribution in [0.5, 0.6) is 5.75 Å². The van der Waals surface area contributed by atoms with E-state index in [0.29, 0.717) is 6.61 Å². The summed E-state index contributed by atoms with van der Waals surface area (Å²) in [6.07, 6.45) is 4.52. The van der Waals surface area contributed by atoms with Crippen LogP contribution in [-0.4, -0.2) is 23.1 Å². The SMILES string of the molecule is CCOc1ccccc1CNCCc1cnc[nH]1. The summed E-state index contributed by atoms with van der Waals surface area (Å²) in [6.45, 7) is 4.45. The van der Waals surface area contributed by atoms with Gasteiger partial charge in [0.1, 0.15) is 5.75 Å². The van der Waals surface area contributed by atoms with E-state index in [0.717, 1.165) is 31.0 Å². The van der Waals surface area contributed by atoms with Gasteiger partial charge in [0.25, 0.3) is 0 Å². The molecule has 0 aliphatic carbocycles. The quantitative estimate of drug-likeness (QED) is 0.735. The van der Waals surface area contributed by atoms with Crippen LogP contribution in [0.3, 0.4) is 0 Å². The molecule has 0 aliphatic rings. The first-order valence-corrected chi connectivity index (χ1v) is 6.29. The van der Waals surface area contributed by atoms with Gasteiger partial charge < -0.3 is 15.0 Å². The van der Waals surface area contributed by atoms with Gasteiger partial charge in [-0.1, -0.05) is 18.2 Å². The smallest absolute Gasteiger partial charge is 0.123 e. The van der Waals surface area contributed by atoms with Crippen LogP contribution in [0.25, 0.3) is 0 Å². The number of hydrogen-bond donors (Lipinski definition) is 2. The van der Waals surface area contributed by atoms with Gasteiger partial charge in [0.05, 0.1) is 12.9 Å². The summed E-state index contributed by atoms with van der Waals surface area (Å²) < 4.78 is 5.58. The lowest BCUT2D eigenvalue weighted by Gasteiger charge is -2.10. The fourth-order valence-electron chi connectivity index (χ4n) is 1.81. The lowest BCUT2D eigenvalue weighted by molar-refractivity contribution is 0.335. The van der Waals surface area contributed by atoms with E-state index >= 15 is 0 Å². The molecule has 2 aromatic rings. The molecule has 0 radical (unpaired) electrons. The summed E-state index contributed by atoms with van der Waals surface area (Å²) in [5.41, 5.74) is 2.35. The zero-order valence-corrected chi connectivity index (χ0v) is 10.6.